The predicted molar refractivity (Wildman–Crippen MR) is 120 cm³/mol. The molecule has 2 aliphatic rings. The highest BCUT2D eigenvalue weighted by Gasteiger charge is 2.31. The zero-order valence-electron chi connectivity index (χ0n) is 17.4. The van der Waals surface area contributed by atoms with Gasteiger partial charge in [-0.3, -0.25) is 9.69 Å². The molecule has 1 heterocycles. The summed E-state index contributed by atoms with van der Waals surface area (Å²) in [4.78, 5) is 19.4. The van der Waals surface area contributed by atoms with Crippen LogP contribution in [0.5, 0.6) is 0 Å². The van der Waals surface area contributed by atoms with Crippen molar-refractivity contribution < 1.29 is 18.0 Å². The van der Waals surface area contributed by atoms with E-state index < -0.39 is 18.6 Å². The Hall–Kier alpha value is -0.780. The second-order valence-corrected chi connectivity index (χ2v) is 7.83. The van der Waals surface area contributed by atoms with Gasteiger partial charge in [0.15, 0.2) is 5.96 Å². The van der Waals surface area contributed by atoms with E-state index in [4.69, 9.17) is 0 Å². The Morgan fingerprint density at radius 2 is 1.86 bits per heavy atom. The van der Waals surface area contributed by atoms with E-state index in [1.807, 2.05) is 6.92 Å². The summed E-state index contributed by atoms with van der Waals surface area (Å²) in [5.74, 6) is -0.159. The molecule has 0 spiro atoms. The van der Waals surface area contributed by atoms with Crippen LogP contribution in [0.25, 0.3) is 0 Å². The lowest BCUT2D eigenvalue weighted by atomic mass is 9.92. The molecular formula is C19H35F3IN5O. The first-order valence-electron chi connectivity index (χ1n) is 10.4. The van der Waals surface area contributed by atoms with Crippen LogP contribution in [-0.2, 0) is 4.79 Å². The average Bonchev–Trinajstić information content (AvgIpc) is 2.65. The number of guanidine groups is 1. The minimum Gasteiger partial charge on any atom is -0.357 e. The van der Waals surface area contributed by atoms with E-state index in [1.165, 1.54) is 32.1 Å². The van der Waals surface area contributed by atoms with Crippen molar-refractivity contribution in [1.29, 1.82) is 0 Å². The molecule has 0 aromatic carbocycles. The Bertz CT molecular complexity index is 526. The van der Waals surface area contributed by atoms with Crippen LogP contribution in [0.4, 0.5) is 13.2 Å². The van der Waals surface area contributed by atoms with Gasteiger partial charge >= 0.3 is 6.18 Å². The number of amides is 1. The Kier molecular flexibility index (Phi) is 11.6. The highest BCUT2D eigenvalue weighted by Crippen LogP contribution is 2.25. The molecular weight excluding hydrogens is 498 g/mol. The van der Waals surface area contributed by atoms with E-state index >= 15 is 0 Å². The van der Waals surface area contributed by atoms with Gasteiger partial charge in [0.25, 0.3) is 0 Å². The van der Waals surface area contributed by atoms with Gasteiger partial charge in [0.2, 0.25) is 5.91 Å². The normalized spacial score (nSPS) is 22.0. The largest absolute Gasteiger partial charge is 0.406 e. The van der Waals surface area contributed by atoms with Crippen LogP contribution < -0.4 is 10.6 Å². The van der Waals surface area contributed by atoms with Gasteiger partial charge in [0.05, 0.1) is 0 Å². The number of carbonyl (C=O) groups excluding carboxylic acids is 1. The third kappa shape index (κ3) is 9.71. The van der Waals surface area contributed by atoms with Crippen molar-refractivity contribution in [1.82, 2.24) is 20.4 Å². The highest BCUT2D eigenvalue weighted by atomic mass is 127. The quantitative estimate of drug-likeness (QED) is 0.313. The molecule has 1 amide bonds. The maximum Gasteiger partial charge on any atom is 0.406 e. The van der Waals surface area contributed by atoms with Crippen LogP contribution in [0, 0.1) is 0 Å². The van der Waals surface area contributed by atoms with Crippen LogP contribution in [0.3, 0.4) is 0 Å². The van der Waals surface area contributed by atoms with Crippen molar-refractivity contribution in [3.63, 3.8) is 0 Å². The average molecular weight is 533 g/mol. The summed E-state index contributed by atoms with van der Waals surface area (Å²) in [6.45, 7) is 3.04. The van der Waals surface area contributed by atoms with Crippen LogP contribution in [0.2, 0.25) is 0 Å². The maximum atomic E-state index is 12.4. The molecule has 2 rings (SSSR count). The van der Waals surface area contributed by atoms with Gasteiger partial charge in [0.1, 0.15) is 13.1 Å². The van der Waals surface area contributed by atoms with E-state index in [0.29, 0.717) is 23.4 Å². The molecule has 2 fully saturated rings. The molecule has 0 bridgehead atoms. The van der Waals surface area contributed by atoms with Crippen LogP contribution in [0.1, 0.15) is 51.9 Å². The molecule has 1 unspecified atom stereocenters. The smallest absolute Gasteiger partial charge is 0.357 e. The number of carbonyl (C=O) groups is 1. The number of piperidine rings is 1. The number of aliphatic imine (C=N–C) groups is 1. The summed E-state index contributed by atoms with van der Waals surface area (Å²) in [7, 11) is 1.15. The SMILES string of the molecule is CCNC(=NCC(=O)N(C)CC(F)(F)F)NC1CCCN(C2CCCCC2)C1.I. The summed E-state index contributed by atoms with van der Waals surface area (Å²) < 4.78 is 37.3. The van der Waals surface area contributed by atoms with Crippen LogP contribution >= 0.6 is 24.0 Å². The fraction of sp³-hybridized carbons (Fsp3) is 0.895. The molecule has 2 N–H and O–H groups in total. The Morgan fingerprint density at radius 1 is 1.17 bits per heavy atom. The first kappa shape index (κ1) is 26.3. The number of likely N-dealkylation sites (N-methyl/N-ethyl adjacent to an activating group) is 1. The molecule has 1 aliphatic carbocycles. The molecule has 0 aromatic heterocycles. The number of likely N-dealkylation sites (tertiary alicyclic amines) is 1. The summed E-state index contributed by atoms with van der Waals surface area (Å²) in [6.07, 6.45) is 4.20. The van der Waals surface area contributed by atoms with Gasteiger partial charge in [-0.05, 0) is 39.2 Å². The Labute approximate surface area is 189 Å². The van der Waals surface area contributed by atoms with E-state index in [2.05, 4.69) is 20.5 Å². The summed E-state index contributed by atoms with van der Waals surface area (Å²) >= 11 is 0. The Morgan fingerprint density at radius 3 is 2.48 bits per heavy atom. The molecule has 0 radical (unpaired) electrons. The van der Waals surface area contributed by atoms with Gasteiger partial charge < -0.3 is 15.5 Å². The van der Waals surface area contributed by atoms with Crippen molar-refractivity contribution in [3.8, 4) is 0 Å². The third-order valence-electron chi connectivity index (χ3n) is 5.44. The van der Waals surface area contributed by atoms with Gasteiger partial charge in [-0.15, -0.1) is 24.0 Å². The summed E-state index contributed by atoms with van der Waals surface area (Å²) in [6, 6.07) is 0.895. The first-order valence-corrected chi connectivity index (χ1v) is 10.4. The van der Waals surface area contributed by atoms with Crippen molar-refractivity contribution in [3.05, 3.63) is 0 Å². The molecule has 29 heavy (non-hydrogen) atoms. The minimum absolute atomic E-state index is 0. The van der Waals surface area contributed by atoms with Gasteiger partial charge in [-0.25, -0.2) is 4.99 Å². The van der Waals surface area contributed by atoms with Gasteiger partial charge in [0, 0.05) is 32.2 Å². The molecule has 1 atom stereocenters. The number of nitrogens with one attached hydrogen (secondary N) is 2. The van der Waals surface area contributed by atoms with Crippen molar-refractivity contribution in [2.45, 2.75) is 70.1 Å². The van der Waals surface area contributed by atoms with Crippen LogP contribution in [-0.4, -0.2) is 79.7 Å². The topological polar surface area (TPSA) is 60.0 Å². The summed E-state index contributed by atoms with van der Waals surface area (Å²) in [5.41, 5.74) is 0. The lowest BCUT2D eigenvalue weighted by molar-refractivity contribution is -0.157. The molecule has 170 valence electrons. The second kappa shape index (κ2) is 12.8. The lowest BCUT2D eigenvalue weighted by Gasteiger charge is -2.40. The van der Waals surface area contributed by atoms with E-state index in [0.717, 1.165) is 33.0 Å². The zero-order chi connectivity index (χ0) is 20.6. The highest BCUT2D eigenvalue weighted by molar-refractivity contribution is 14.0. The molecule has 1 saturated heterocycles. The second-order valence-electron chi connectivity index (χ2n) is 7.83. The standard InChI is InChI=1S/C19H34F3N5O.HI/c1-3-23-18(24-12-17(28)26(2)14-19(20,21)22)25-15-8-7-11-27(13-15)16-9-5-4-6-10-16;/h15-16H,3-14H2,1-2H3,(H2,23,24,25);1H. The lowest BCUT2D eigenvalue weighted by Crippen LogP contribution is -2.53. The molecule has 10 heteroatoms. The van der Waals surface area contributed by atoms with E-state index in [1.54, 1.807) is 0 Å². The fourth-order valence-electron chi connectivity index (χ4n) is 4.04. The molecule has 1 saturated carbocycles. The molecule has 0 aromatic rings. The zero-order valence-corrected chi connectivity index (χ0v) is 19.8. The summed E-state index contributed by atoms with van der Waals surface area (Å²) in [5, 5.41) is 6.47. The number of nitrogens with zero attached hydrogens (tertiary/aromatic N) is 3. The van der Waals surface area contributed by atoms with Crippen LogP contribution in [0.15, 0.2) is 4.99 Å². The van der Waals surface area contributed by atoms with E-state index in [9.17, 15) is 18.0 Å². The van der Waals surface area contributed by atoms with Crippen molar-refractivity contribution in [2.75, 3.05) is 39.8 Å². The first-order chi connectivity index (χ1) is 13.3. The van der Waals surface area contributed by atoms with E-state index in [-0.39, 0.29) is 36.6 Å². The third-order valence-corrected chi connectivity index (χ3v) is 5.44. The number of halogens is 4. The Balaban J connectivity index is 0.00000420. The van der Waals surface area contributed by atoms with Crippen molar-refractivity contribution >= 4 is 35.8 Å². The number of hydrogen-bond acceptors (Lipinski definition) is 3. The maximum absolute atomic E-state index is 12.4. The minimum atomic E-state index is -4.40. The fourth-order valence-corrected chi connectivity index (χ4v) is 4.04. The number of alkyl halides is 3. The van der Waals surface area contributed by atoms with Gasteiger partial charge in [-0.1, -0.05) is 19.3 Å². The van der Waals surface area contributed by atoms with Gasteiger partial charge in [-0.2, -0.15) is 13.2 Å². The number of rotatable bonds is 6. The predicted octanol–water partition coefficient (Wildman–Crippen LogP) is 2.98. The number of hydrogen-bond donors (Lipinski definition) is 2. The molecule has 1 aliphatic heterocycles. The van der Waals surface area contributed by atoms with Crippen molar-refractivity contribution in [2.24, 2.45) is 4.99 Å². The molecule has 6 nitrogen and oxygen atoms in total. The monoisotopic (exact) mass is 533 g/mol.